The summed E-state index contributed by atoms with van der Waals surface area (Å²) in [6, 6.07) is 3.33. The fourth-order valence-corrected chi connectivity index (χ4v) is 1.89. The maximum Gasteiger partial charge on any atom is 0.417 e. The summed E-state index contributed by atoms with van der Waals surface area (Å²) in [5.41, 5.74) is -0.899. The van der Waals surface area contributed by atoms with Crippen LogP contribution in [0.1, 0.15) is 23.0 Å². The lowest BCUT2D eigenvalue weighted by Crippen LogP contribution is -2.06. The molecule has 20 heavy (non-hydrogen) atoms. The Hall–Kier alpha value is -1.90. The molecule has 0 saturated heterocycles. The van der Waals surface area contributed by atoms with E-state index in [1.165, 1.54) is 19.1 Å². The van der Waals surface area contributed by atoms with E-state index in [1.807, 2.05) is 0 Å². The van der Waals surface area contributed by atoms with Gasteiger partial charge in [0.25, 0.3) is 5.88 Å². The summed E-state index contributed by atoms with van der Waals surface area (Å²) in [7, 11) is 0. The topological polar surface area (TPSA) is 67.9 Å². The van der Waals surface area contributed by atoms with Crippen LogP contribution in [-0.2, 0) is 6.18 Å². The first-order valence-corrected chi connectivity index (χ1v) is 6.05. The molecular weight excluding hydrogens is 343 g/mol. The van der Waals surface area contributed by atoms with E-state index in [9.17, 15) is 18.0 Å². The van der Waals surface area contributed by atoms with E-state index < -0.39 is 17.5 Å². The van der Waals surface area contributed by atoms with Crippen LogP contribution in [0.15, 0.2) is 22.7 Å². The molecule has 0 aliphatic rings. The third kappa shape index (κ3) is 2.98. The number of rotatable bonds is 3. The van der Waals surface area contributed by atoms with Crippen LogP contribution in [0.2, 0.25) is 0 Å². The van der Waals surface area contributed by atoms with Crippen molar-refractivity contribution < 1.29 is 22.7 Å². The molecule has 1 N–H and O–H groups in total. The van der Waals surface area contributed by atoms with E-state index in [1.54, 1.807) is 0 Å². The van der Waals surface area contributed by atoms with Gasteiger partial charge in [-0.25, -0.2) is 0 Å². The highest BCUT2D eigenvalue weighted by Gasteiger charge is 2.33. The second kappa shape index (κ2) is 5.23. The van der Waals surface area contributed by atoms with Gasteiger partial charge in [-0.15, -0.1) is 0 Å². The molecule has 0 atom stereocenters. The van der Waals surface area contributed by atoms with Gasteiger partial charge in [0.1, 0.15) is 5.75 Å². The molecule has 0 aliphatic heterocycles. The summed E-state index contributed by atoms with van der Waals surface area (Å²) in [5.74, 6) is -0.664. The molecule has 2 rings (SSSR count). The van der Waals surface area contributed by atoms with Gasteiger partial charge in [0.2, 0.25) is 0 Å². The first-order valence-electron chi connectivity index (χ1n) is 5.25. The molecule has 1 heterocycles. The van der Waals surface area contributed by atoms with Crippen LogP contribution in [0.4, 0.5) is 13.2 Å². The van der Waals surface area contributed by atoms with Crippen molar-refractivity contribution in [3.8, 4) is 11.6 Å². The van der Waals surface area contributed by atoms with Crippen molar-refractivity contribution in [3.63, 3.8) is 0 Å². The Morgan fingerprint density at radius 1 is 1.40 bits per heavy atom. The van der Waals surface area contributed by atoms with Crippen molar-refractivity contribution >= 4 is 21.7 Å². The number of hydrogen-bond donors (Lipinski definition) is 1. The lowest BCUT2D eigenvalue weighted by molar-refractivity contribution is -0.138. The average Bonchev–Trinajstić information content (AvgIpc) is 2.78. The Morgan fingerprint density at radius 2 is 2.10 bits per heavy atom. The van der Waals surface area contributed by atoms with Crippen molar-refractivity contribution in [2.24, 2.45) is 0 Å². The van der Waals surface area contributed by atoms with E-state index in [-0.39, 0.29) is 21.8 Å². The van der Waals surface area contributed by atoms with E-state index in [0.29, 0.717) is 0 Å². The Bertz CT molecular complexity index is 655. The summed E-state index contributed by atoms with van der Waals surface area (Å²) in [6.07, 6.45) is -4.52. The van der Waals surface area contributed by atoms with Crippen LogP contribution in [0.25, 0.3) is 0 Å². The molecule has 9 heteroatoms. The Labute approximate surface area is 119 Å². The standard InChI is InChI=1S/C11H7BrF3N3O2/c1-5(19)9-10(17-18-16-9)20-6-2-3-8(12)7(4-6)11(13,14)15/h2-4H,1H3,(H,16,17,18). The molecule has 0 unspecified atom stereocenters. The number of benzene rings is 1. The highest BCUT2D eigenvalue weighted by molar-refractivity contribution is 9.10. The molecule has 106 valence electrons. The highest BCUT2D eigenvalue weighted by atomic mass is 79.9. The van der Waals surface area contributed by atoms with Crippen molar-refractivity contribution in [1.29, 1.82) is 0 Å². The van der Waals surface area contributed by atoms with Gasteiger partial charge in [-0.05, 0) is 18.2 Å². The monoisotopic (exact) mass is 349 g/mol. The number of hydrogen-bond acceptors (Lipinski definition) is 4. The van der Waals surface area contributed by atoms with Crippen molar-refractivity contribution in [1.82, 2.24) is 15.4 Å². The summed E-state index contributed by atoms with van der Waals surface area (Å²) in [4.78, 5) is 11.2. The summed E-state index contributed by atoms with van der Waals surface area (Å²) >= 11 is 2.82. The van der Waals surface area contributed by atoms with Crippen LogP contribution < -0.4 is 4.74 Å². The number of carbonyl (C=O) groups excluding carboxylic acids is 1. The van der Waals surface area contributed by atoms with Crippen molar-refractivity contribution in [2.45, 2.75) is 13.1 Å². The van der Waals surface area contributed by atoms with Gasteiger partial charge in [0.05, 0.1) is 5.56 Å². The summed E-state index contributed by atoms with van der Waals surface area (Å²) in [6.45, 7) is 1.25. The second-order valence-corrected chi connectivity index (χ2v) is 4.64. The zero-order valence-electron chi connectivity index (χ0n) is 9.95. The molecule has 0 aliphatic carbocycles. The number of aromatic amines is 1. The van der Waals surface area contributed by atoms with Crippen molar-refractivity contribution in [3.05, 3.63) is 33.9 Å². The fraction of sp³-hybridized carbons (Fsp3) is 0.182. The SMILES string of the molecule is CC(=O)c1[nH]nnc1Oc1ccc(Br)c(C(F)(F)F)c1. The number of H-pyrrole nitrogens is 1. The number of nitrogens with zero attached hydrogens (tertiary/aromatic N) is 2. The molecule has 5 nitrogen and oxygen atoms in total. The number of Topliss-reactive ketones (excluding diaryl/α,β-unsaturated/α-hetero) is 1. The third-order valence-electron chi connectivity index (χ3n) is 2.33. The van der Waals surface area contributed by atoms with Gasteiger partial charge in [0.15, 0.2) is 11.5 Å². The van der Waals surface area contributed by atoms with Gasteiger partial charge in [0, 0.05) is 11.4 Å². The first kappa shape index (κ1) is 14.5. The number of carbonyl (C=O) groups is 1. The largest absolute Gasteiger partial charge is 0.436 e. The molecule has 0 amide bonds. The predicted octanol–water partition coefficient (Wildman–Crippen LogP) is 3.58. The Kier molecular flexibility index (Phi) is 3.80. The van der Waals surface area contributed by atoms with Crippen LogP contribution in [-0.4, -0.2) is 21.2 Å². The maximum absolute atomic E-state index is 12.7. The van der Waals surface area contributed by atoms with Crippen LogP contribution >= 0.6 is 15.9 Å². The minimum absolute atomic E-state index is 0.0125. The molecule has 0 saturated carbocycles. The van der Waals surface area contributed by atoms with E-state index >= 15 is 0 Å². The molecule has 0 fully saturated rings. The van der Waals surface area contributed by atoms with Gasteiger partial charge in [-0.3, -0.25) is 9.89 Å². The Morgan fingerprint density at radius 3 is 2.70 bits per heavy atom. The number of ether oxygens (including phenoxy) is 1. The minimum Gasteiger partial charge on any atom is -0.436 e. The first-order chi connectivity index (χ1) is 9.29. The van der Waals surface area contributed by atoms with E-state index in [2.05, 4.69) is 31.3 Å². The molecule has 1 aromatic carbocycles. The zero-order valence-corrected chi connectivity index (χ0v) is 11.5. The minimum atomic E-state index is -4.52. The lowest BCUT2D eigenvalue weighted by Gasteiger charge is -2.11. The third-order valence-corrected chi connectivity index (χ3v) is 3.02. The zero-order chi connectivity index (χ0) is 14.9. The van der Waals surface area contributed by atoms with Crippen molar-refractivity contribution in [2.75, 3.05) is 0 Å². The van der Waals surface area contributed by atoms with Gasteiger partial charge in [-0.1, -0.05) is 26.2 Å². The number of aromatic nitrogens is 3. The van der Waals surface area contributed by atoms with Gasteiger partial charge >= 0.3 is 6.18 Å². The maximum atomic E-state index is 12.7. The predicted molar refractivity (Wildman–Crippen MR) is 65.6 cm³/mol. The molecule has 1 aromatic heterocycles. The Balaban J connectivity index is 2.35. The number of ketones is 1. The number of nitrogens with one attached hydrogen (secondary N) is 1. The highest BCUT2D eigenvalue weighted by Crippen LogP contribution is 2.37. The average molecular weight is 350 g/mol. The molecule has 2 aromatic rings. The quantitative estimate of drug-likeness (QED) is 0.860. The number of halogens is 4. The number of alkyl halides is 3. The van der Waals surface area contributed by atoms with E-state index in [4.69, 9.17) is 4.74 Å². The second-order valence-electron chi connectivity index (χ2n) is 3.79. The molecular formula is C11H7BrF3N3O2. The van der Waals surface area contributed by atoms with Crippen LogP contribution in [0.5, 0.6) is 11.6 Å². The fourth-order valence-electron chi connectivity index (χ4n) is 1.42. The van der Waals surface area contributed by atoms with Crippen LogP contribution in [0.3, 0.4) is 0 Å². The van der Waals surface area contributed by atoms with Crippen LogP contribution in [0, 0.1) is 0 Å². The smallest absolute Gasteiger partial charge is 0.417 e. The van der Waals surface area contributed by atoms with Gasteiger partial charge < -0.3 is 4.74 Å². The molecule has 0 bridgehead atoms. The summed E-state index contributed by atoms with van der Waals surface area (Å²) in [5, 5.41) is 9.20. The lowest BCUT2D eigenvalue weighted by atomic mass is 10.2. The van der Waals surface area contributed by atoms with E-state index in [0.717, 1.165) is 6.07 Å². The summed E-state index contributed by atoms with van der Waals surface area (Å²) < 4.78 is 43.3. The molecule has 0 radical (unpaired) electrons. The van der Waals surface area contributed by atoms with Gasteiger partial charge in [-0.2, -0.15) is 13.2 Å². The molecule has 0 spiro atoms. The normalized spacial score (nSPS) is 11.4.